The third-order valence-electron chi connectivity index (χ3n) is 3.50. The fourth-order valence-electron chi connectivity index (χ4n) is 2.45. The summed E-state index contributed by atoms with van der Waals surface area (Å²) in [6, 6.07) is 8.56. The van der Waals surface area contributed by atoms with Crippen molar-refractivity contribution in [3.8, 4) is 0 Å². The molecule has 0 amide bonds. The van der Waals surface area contributed by atoms with Gasteiger partial charge in [0.2, 0.25) is 5.89 Å². The molecule has 0 spiro atoms. The van der Waals surface area contributed by atoms with Gasteiger partial charge in [0.1, 0.15) is 0 Å². The first-order valence-corrected chi connectivity index (χ1v) is 6.44. The van der Waals surface area contributed by atoms with Gasteiger partial charge in [-0.3, -0.25) is 0 Å². The molecule has 1 heterocycles. The number of hydrogen-bond acceptors (Lipinski definition) is 4. The number of nitrogens with one attached hydrogen (secondary N) is 1. The van der Waals surface area contributed by atoms with E-state index in [0.29, 0.717) is 11.8 Å². The summed E-state index contributed by atoms with van der Waals surface area (Å²) < 4.78 is 5.33. The molecule has 1 aliphatic carbocycles. The molecule has 1 aromatic carbocycles. The Morgan fingerprint density at radius 3 is 3.06 bits per heavy atom. The van der Waals surface area contributed by atoms with Crippen LogP contribution in [0.15, 0.2) is 28.8 Å². The van der Waals surface area contributed by atoms with Crippen LogP contribution in [0.2, 0.25) is 0 Å². The first-order chi connectivity index (χ1) is 8.79. The average Bonchev–Trinajstić information content (AvgIpc) is 2.80. The monoisotopic (exact) mass is 243 g/mol. The number of fused-ring (bicyclic) bond motifs is 1. The molecule has 0 fully saturated rings. The Balaban J connectivity index is 1.80. The zero-order valence-electron chi connectivity index (χ0n) is 10.7. The summed E-state index contributed by atoms with van der Waals surface area (Å²) in [6.07, 6.45) is 1.02. The highest BCUT2D eigenvalue weighted by Crippen LogP contribution is 2.38. The second kappa shape index (κ2) is 4.53. The number of aromatic nitrogens is 2. The minimum atomic E-state index is 0.117. The first kappa shape index (κ1) is 11.4. The van der Waals surface area contributed by atoms with E-state index in [-0.39, 0.29) is 6.04 Å². The van der Waals surface area contributed by atoms with Crippen LogP contribution in [0.1, 0.15) is 48.6 Å². The highest BCUT2D eigenvalue weighted by molar-refractivity contribution is 5.43. The van der Waals surface area contributed by atoms with Crippen LogP contribution in [-0.4, -0.2) is 16.7 Å². The summed E-state index contributed by atoms with van der Waals surface area (Å²) in [5.41, 5.74) is 2.73. The van der Waals surface area contributed by atoms with Crippen LogP contribution in [0.25, 0.3) is 0 Å². The molecule has 2 atom stereocenters. The zero-order valence-corrected chi connectivity index (χ0v) is 10.7. The summed E-state index contributed by atoms with van der Waals surface area (Å²) in [5.74, 6) is 1.80. The molecular weight excluding hydrogens is 226 g/mol. The summed E-state index contributed by atoms with van der Waals surface area (Å²) >= 11 is 0. The van der Waals surface area contributed by atoms with Gasteiger partial charge in [0.05, 0.1) is 12.0 Å². The molecule has 1 N–H and O–H groups in total. The summed E-state index contributed by atoms with van der Waals surface area (Å²) in [5, 5.41) is 7.39. The second-order valence-corrected chi connectivity index (χ2v) is 4.73. The van der Waals surface area contributed by atoms with E-state index in [1.165, 1.54) is 11.1 Å². The Morgan fingerprint density at radius 1 is 1.44 bits per heavy atom. The van der Waals surface area contributed by atoms with Crippen molar-refractivity contribution in [3.63, 3.8) is 0 Å². The van der Waals surface area contributed by atoms with Gasteiger partial charge < -0.3 is 9.84 Å². The molecule has 4 heteroatoms. The summed E-state index contributed by atoms with van der Waals surface area (Å²) in [7, 11) is 0. The van der Waals surface area contributed by atoms with E-state index < -0.39 is 0 Å². The smallest absolute Gasteiger partial charge is 0.243 e. The first-order valence-electron chi connectivity index (χ1n) is 6.44. The minimum absolute atomic E-state index is 0.117. The van der Waals surface area contributed by atoms with Gasteiger partial charge in [-0.15, -0.1) is 0 Å². The van der Waals surface area contributed by atoms with Crippen molar-refractivity contribution in [2.75, 3.05) is 6.54 Å². The van der Waals surface area contributed by atoms with E-state index in [1.54, 1.807) is 0 Å². The molecule has 0 saturated carbocycles. The quantitative estimate of drug-likeness (QED) is 0.896. The van der Waals surface area contributed by atoms with E-state index in [9.17, 15) is 0 Å². The normalized spacial score (nSPS) is 19.1. The predicted octanol–water partition coefficient (Wildman–Crippen LogP) is 2.43. The maximum Gasteiger partial charge on any atom is 0.243 e. The molecule has 4 nitrogen and oxygen atoms in total. The van der Waals surface area contributed by atoms with Crippen molar-refractivity contribution < 1.29 is 4.52 Å². The van der Waals surface area contributed by atoms with Crippen LogP contribution in [-0.2, 0) is 6.42 Å². The van der Waals surface area contributed by atoms with Crippen molar-refractivity contribution in [1.82, 2.24) is 15.5 Å². The van der Waals surface area contributed by atoms with Crippen molar-refractivity contribution >= 4 is 0 Å². The molecule has 0 aliphatic heterocycles. The third kappa shape index (κ3) is 1.82. The van der Waals surface area contributed by atoms with Gasteiger partial charge in [0.25, 0.3) is 0 Å². The molecule has 1 aliphatic rings. The number of rotatable bonds is 4. The fourth-order valence-corrected chi connectivity index (χ4v) is 2.45. The largest absolute Gasteiger partial charge is 0.338 e. The number of benzene rings is 1. The van der Waals surface area contributed by atoms with Gasteiger partial charge in [-0.25, -0.2) is 0 Å². The maximum absolute atomic E-state index is 5.33. The molecule has 1 aromatic heterocycles. The predicted molar refractivity (Wildman–Crippen MR) is 68.4 cm³/mol. The summed E-state index contributed by atoms with van der Waals surface area (Å²) in [6.45, 7) is 5.00. The number of hydrogen-bond donors (Lipinski definition) is 1. The van der Waals surface area contributed by atoms with Crippen molar-refractivity contribution in [2.45, 2.75) is 32.2 Å². The van der Waals surface area contributed by atoms with Gasteiger partial charge >= 0.3 is 0 Å². The van der Waals surface area contributed by atoms with Gasteiger partial charge in [-0.1, -0.05) is 36.3 Å². The molecule has 18 heavy (non-hydrogen) atoms. The van der Waals surface area contributed by atoms with Crippen LogP contribution in [0.3, 0.4) is 0 Å². The van der Waals surface area contributed by atoms with Crippen molar-refractivity contribution in [1.29, 1.82) is 0 Å². The third-order valence-corrected chi connectivity index (χ3v) is 3.50. The average molecular weight is 243 g/mol. The lowest BCUT2D eigenvalue weighted by atomic mass is 9.77. The molecule has 0 radical (unpaired) electrons. The molecule has 94 valence electrons. The lowest BCUT2D eigenvalue weighted by Gasteiger charge is -2.27. The van der Waals surface area contributed by atoms with Gasteiger partial charge in [0.15, 0.2) is 5.82 Å². The Bertz CT molecular complexity index is 549. The highest BCUT2D eigenvalue weighted by Gasteiger charge is 2.31. The lowest BCUT2D eigenvalue weighted by Crippen LogP contribution is -2.20. The van der Waals surface area contributed by atoms with E-state index in [4.69, 9.17) is 4.52 Å². The molecule has 3 rings (SSSR count). The Hall–Kier alpha value is -1.68. The molecule has 0 bridgehead atoms. The Morgan fingerprint density at radius 2 is 2.28 bits per heavy atom. The minimum Gasteiger partial charge on any atom is -0.338 e. The summed E-state index contributed by atoms with van der Waals surface area (Å²) in [4.78, 5) is 4.51. The van der Waals surface area contributed by atoms with Crippen LogP contribution in [0.5, 0.6) is 0 Å². The molecule has 0 saturated heterocycles. The highest BCUT2D eigenvalue weighted by atomic mass is 16.5. The number of nitrogens with zero attached hydrogens (tertiary/aromatic N) is 2. The van der Waals surface area contributed by atoms with Crippen molar-refractivity contribution in [3.05, 3.63) is 47.1 Å². The zero-order chi connectivity index (χ0) is 12.5. The Labute approximate surface area is 106 Å². The maximum atomic E-state index is 5.33. The second-order valence-electron chi connectivity index (χ2n) is 4.73. The Kier molecular flexibility index (Phi) is 2.88. The van der Waals surface area contributed by atoms with Gasteiger partial charge in [-0.2, -0.15) is 4.98 Å². The SMILES string of the molecule is CCNC(C)c1nc(C2Cc3ccccc32)no1. The van der Waals surface area contributed by atoms with Crippen LogP contribution >= 0.6 is 0 Å². The van der Waals surface area contributed by atoms with E-state index in [0.717, 1.165) is 18.8 Å². The molecule has 2 aromatic rings. The fraction of sp³-hybridized carbons (Fsp3) is 0.429. The molecule has 2 unspecified atom stereocenters. The molecular formula is C14H17N3O. The standard InChI is InChI=1S/C14H17N3O/c1-3-15-9(2)14-16-13(17-18-14)12-8-10-6-4-5-7-11(10)12/h4-7,9,12,15H,3,8H2,1-2H3. The van der Waals surface area contributed by atoms with Gasteiger partial charge in [0, 0.05) is 0 Å². The van der Waals surface area contributed by atoms with Crippen LogP contribution < -0.4 is 5.32 Å². The van der Waals surface area contributed by atoms with E-state index >= 15 is 0 Å². The van der Waals surface area contributed by atoms with Crippen LogP contribution in [0.4, 0.5) is 0 Å². The van der Waals surface area contributed by atoms with Gasteiger partial charge in [-0.05, 0) is 31.0 Å². The van der Waals surface area contributed by atoms with E-state index in [1.807, 2.05) is 6.92 Å². The lowest BCUT2D eigenvalue weighted by molar-refractivity contribution is 0.337. The van der Waals surface area contributed by atoms with Crippen LogP contribution in [0, 0.1) is 0 Å². The van der Waals surface area contributed by atoms with E-state index in [2.05, 4.69) is 46.6 Å². The topological polar surface area (TPSA) is 51.0 Å². The van der Waals surface area contributed by atoms with Crippen molar-refractivity contribution in [2.24, 2.45) is 0 Å².